The predicted molar refractivity (Wildman–Crippen MR) is 325 cm³/mol. The number of rotatable bonds is 75. The van der Waals surface area contributed by atoms with Gasteiger partial charge < -0.3 is 121 Å². The van der Waals surface area contributed by atoms with E-state index in [-0.39, 0.29) is 44.7 Å². The number of amides is 2. The summed E-state index contributed by atoms with van der Waals surface area (Å²) in [5.41, 5.74) is 23.5. The van der Waals surface area contributed by atoms with Crippen molar-refractivity contribution in [3.05, 3.63) is 55.8 Å². The highest BCUT2D eigenvalue weighted by molar-refractivity contribution is 6.00. The molecular formula is C57H105N9O24. The number of hydrogen-bond donors (Lipinski definition) is 3. The SMILES string of the molecule is [N-]=[N+]=NCCOCCOCCOCCOCCOCCOCCOCCOCCOCCOCCOCCNC(=O)c1cc(CN)cc(C(=O)NCCOCCOCCOCCOCCOCCOCCOCCOCCOCCOCCOCCN=[N+]=[N-])c1. The van der Waals surface area contributed by atoms with Crippen LogP contribution in [0, 0.1) is 0 Å². The van der Waals surface area contributed by atoms with Crippen molar-refractivity contribution in [2.75, 3.05) is 317 Å². The Kier molecular flexibility index (Phi) is 67.4. The van der Waals surface area contributed by atoms with Crippen LogP contribution >= 0.6 is 0 Å². The summed E-state index contributed by atoms with van der Waals surface area (Å²) in [7, 11) is 0. The third kappa shape index (κ3) is 62.7. The van der Waals surface area contributed by atoms with E-state index in [0.29, 0.717) is 307 Å². The standard InChI is InChI=1S/C57H105N9O24/c58-52-53-49-54(56(67)61-1-5-69-9-13-73-17-21-77-25-29-81-33-37-85-41-45-89-47-43-87-39-35-83-31-27-79-23-19-75-15-11-71-7-3-63-65-59)51-55(50-53)57(68)62-2-6-70-10-14-74-18-22-78-26-30-82-34-38-86-42-46-90-48-44-88-40-36-84-32-28-80-24-20-76-16-12-72-8-4-64-66-60/h49-51H,1-48,52,58H2,(H,61,67)(H,62,68). The molecule has 522 valence electrons. The van der Waals surface area contributed by atoms with Gasteiger partial charge in [-0.15, -0.1) is 0 Å². The molecule has 0 heterocycles. The highest BCUT2D eigenvalue weighted by Gasteiger charge is 2.13. The van der Waals surface area contributed by atoms with Gasteiger partial charge in [0.05, 0.1) is 291 Å². The van der Waals surface area contributed by atoms with Gasteiger partial charge in [0, 0.05) is 53.7 Å². The normalized spacial score (nSPS) is 11.3. The topological polar surface area (TPSA) is 385 Å². The van der Waals surface area contributed by atoms with E-state index in [2.05, 4.69) is 30.7 Å². The third-order valence-electron chi connectivity index (χ3n) is 11.1. The van der Waals surface area contributed by atoms with Gasteiger partial charge in [-0.1, -0.05) is 10.2 Å². The first kappa shape index (κ1) is 83.9. The van der Waals surface area contributed by atoms with Gasteiger partial charge in [0.25, 0.3) is 11.8 Å². The van der Waals surface area contributed by atoms with Crippen molar-refractivity contribution in [2.24, 2.45) is 16.0 Å². The molecule has 0 aliphatic heterocycles. The summed E-state index contributed by atoms with van der Waals surface area (Å²) in [5, 5.41) is 12.4. The summed E-state index contributed by atoms with van der Waals surface area (Å²) in [6, 6.07) is 4.84. The Hall–Kier alpha value is -4.14. The second-order valence-corrected chi connectivity index (χ2v) is 18.0. The van der Waals surface area contributed by atoms with E-state index in [0.717, 1.165) is 0 Å². The summed E-state index contributed by atoms with van der Waals surface area (Å²) in [6.07, 6.45) is 0. The van der Waals surface area contributed by atoms with Gasteiger partial charge in [0.15, 0.2) is 0 Å². The first-order chi connectivity index (χ1) is 44.6. The minimum atomic E-state index is -0.351. The number of nitrogens with zero attached hydrogens (tertiary/aromatic N) is 6. The van der Waals surface area contributed by atoms with E-state index in [1.807, 2.05) is 0 Å². The van der Waals surface area contributed by atoms with Crippen molar-refractivity contribution in [3.8, 4) is 0 Å². The average Bonchev–Trinajstić information content (AvgIpc) is 3.67. The third-order valence-corrected chi connectivity index (χ3v) is 11.1. The monoisotopic (exact) mass is 1300 g/mol. The zero-order valence-corrected chi connectivity index (χ0v) is 52.9. The van der Waals surface area contributed by atoms with Gasteiger partial charge in [0.1, 0.15) is 0 Å². The number of azide groups is 2. The Bertz CT molecular complexity index is 1700. The molecule has 0 saturated heterocycles. The lowest BCUT2D eigenvalue weighted by molar-refractivity contribution is -0.0274. The number of carbonyl (C=O) groups is 2. The maximum atomic E-state index is 12.9. The molecular weight excluding hydrogens is 1190 g/mol. The molecule has 4 N–H and O–H groups in total. The molecule has 0 atom stereocenters. The predicted octanol–water partition coefficient (Wildman–Crippen LogP) is 1.59. The molecule has 0 aliphatic rings. The van der Waals surface area contributed by atoms with Crippen molar-refractivity contribution in [3.63, 3.8) is 0 Å². The summed E-state index contributed by atoms with van der Waals surface area (Å²) in [4.78, 5) is 31.1. The van der Waals surface area contributed by atoms with E-state index in [4.69, 9.17) is 121 Å². The van der Waals surface area contributed by atoms with Gasteiger partial charge in [-0.3, -0.25) is 9.59 Å². The molecule has 1 aromatic rings. The first-order valence-corrected chi connectivity index (χ1v) is 30.7. The fourth-order valence-corrected chi connectivity index (χ4v) is 6.65. The van der Waals surface area contributed by atoms with Crippen LogP contribution in [0.1, 0.15) is 26.3 Å². The number of nitrogens with one attached hydrogen (secondary N) is 2. The highest BCUT2D eigenvalue weighted by atomic mass is 16.6. The molecule has 0 bridgehead atoms. The molecule has 0 radical (unpaired) electrons. The number of benzene rings is 1. The van der Waals surface area contributed by atoms with Crippen LogP contribution in [0.4, 0.5) is 0 Å². The number of nitrogens with two attached hydrogens (primary N) is 1. The van der Waals surface area contributed by atoms with Crippen LogP contribution in [-0.2, 0) is 111 Å². The maximum Gasteiger partial charge on any atom is 0.251 e. The fourth-order valence-electron chi connectivity index (χ4n) is 6.65. The largest absolute Gasteiger partial charge is 0.379 e. The second-order valence-electron chi connectivity index (χ2n) is 18.0. The second kappa shape index (κ2) is 72.3. The Balaban J connectivity index is 1.83. The Labute approximate surface area is 530 Å². The van der Waals surface area contributed by atoms with Gasteiger partial charge >= 0.3 is 0 Å². The van der Waals surface area contributed by atoms with Crippen LogP contribution in [-0.4, -0.2) is 329 Å². The molecule has 0 aromatic heterocycles. The molecule has 90 heavy (non-hydrogen) atoms. The lowest BCUT2D eigenvalue weighted by atomic mass is 10.0. The smallest absolute Gasteiger partial charge is 0.251 e. The van der Waals surface area contributed by atoms with Gasteiger partial charge in [-0.25, -0.2) is 0 Å². The van der Waals surface area contributed by atoms with E-state index in [1.54, 1.807) is 12.1 Å². The zero-order valence-electron chi connectivity index (χ0n) is 52.9. The summed E-state index contributed by atoms with van der Waals surface area (Å²) in [5.74, 6) is -0.702. The molecule has 2 amide bonds. The summed E-state index contributed by atoms with van der Waals surface area (Å²) in [6.45, 7) is 20.3. The molecule has 0 fully saturated rings. The van der Waals surface area contributed by atoms with E-state index < -0.39 is 0 Å². The van der Waals surface area contributed by atoms with Crippen molar-refractivity contribution in [2.45, 2.75) is 6.54 Å². The quantitative estimate of drug-likeness (QED) is 0.0361. The molecule has 0 spiro atoms. The minimum Gasteiger partial charge on any atom is -0.379 e. The van der Waals surface area contributed by atoms with E-state index >= 15 is 0 Å². The minimum absolute atomic E-state index is 0.156. The van der Waals surface area contributed by atoms with Crippen LogP contribution in [0.5, 0.6) is 0 Å². The number of ether oxygens (including phenoxy) is 22. The molecule has 0 unspecified atom stereocenters. The molecule has 1 rings (SSSR count). The lowest BCUT2D eigenvalue weighted by Gasteiger charge is -2.11. The first-order valence-electron chi connectivity index (χ1n) is 30.7. The fraction of sp³-hybridized carbons (Fsp3) is 0.860. The lowest BCUT2D eigenvalue weighted by Crippen LogP contribution is -2.30. The van der Waals surface area contributed by atoms with Gasteiger partial charge in [0.2, 0.25) is 0 Å². The molecule has 1 aromatic carbocycles. The van der Waals surface area contributed by atoms with Crippen LogP contribution < -0.4 is 16.4 Å². The Morgan fingerprint density at radius 3 is 0.622 bits per heavy atom. The van der Waals surface area contributed by atoms with Crippen LogP contribution in [0.3, 0.4) is 0 Å². The van der Waals surface area contributed by atoms with Crippen LogP contribution in [0.2, 0.25) is 0 Å². The van der Waals surface area contributed by atoms with E-state index in [9.17, 15) is 9.59 Å². The Morgan fingerprint density at radius 2 is 0.456 bits per heavy atom. The van der Waals surface area contributed by atoms with E-state index in [1.165, 1.54) is 6.07 Å². The number of hydrogen-bond acceptors (Lipinski definition) is 27. The Morgan fingerprint density at radius 1 is 0.289 bits per heavy atom. The summed E-state index contributed by atoms with van der Waals surface area (Å²) < 4.78 is 120. The van der Waals surface area contributed by atoms with Crippen molar-refractivity contribution in [1.29, 1.82) is 0 Å². The molecule has 0 saturated carbocycles. The zero-order chi connectivity index (χ0) is 64.5. The average molecular weight is 1300 g/mol. The van der Waals surface area contributed by atoms with Crippen LogP contribution in [0.25, 0.3) is 20.9 Å². The van der Waals surface area contributed by atoms with Gasteiger partial charge in [-0.05, 0) is 34.8 Å². The van der Waals surface area contributed by atoms with Crippen LogP contribution in [0.15, 0.2) is 28.4 Å². The number of carbonyl (C=O) groups excluding carboxylic acids is 2. The van der Waals surface area contributed by atoms with Crippen molar-refractivity contribution in [1.82, 2.24) is 10.6 Å². The van der Waals surface area contributed by atoms with Crippen molar-refractivity contribution >= 4 is 11.8 Å². The maximum absolute atomic E-state index is 12.9. The molecule has 0 aliphatic carbocycles. The molecule has 33 nitrogen and oxygen atoms in total. The van der Waals surface area contributed by atoms with Gasteiger partial charge in [-0.2, -0.15) is 0 Å². The highest BCUT2D eigenvalue weighted by Crippen LogP contribution is 2.11. The van der Waals surface area contributed by atoms with Crippen molar-refractivity contribution < 1.29 is 114 Å². The summed E-state index contributed by atoms with van der Waals surface area (Å²) >= 11 is 0. The molecule has 33 heteroatoms.